The first-order chi connectivity index (χ1) is 8.50. The molecular formula is C12H17ClN2O2S. The van der Waals surface area contributed by atoms with Crippen molar-refractivity contribution in [3.63, 3.8) is 0 Å². The number of rotatable bonds is 2. The predicted molar refractivity (Wildman–Crippen MR) is 73.3 cm³/mol. The zero-order valence-corrected chi connectivity index (χ0v) is 12.0. The van der Waals surface area contributed by atoms with Gasteiger partial charge in [-0.3, -0.25) is 4.79 Å². The van der Waals surface area contributed by atoms with Gasteiger partial charge in [0.15, 0.2) is 0 Å². The number of β-amino-alcohol motifs (C(OH)–C–C–N with tert-alkyl or cyclic N) is 1. The van der Waals surface area contributed by atoms with Crippen molar-refractivity contribution in [1.82, 2.24) is 9.80 Å². The van der Waals surface area contributed by atoms with E-state index in [-0.39, 0.29) is 11.9 Å². The van der Waals surface area contributed by atoms with Gasteiger partial charge in [-0.25, -0.2) is 0 Å². The molecule has 1 aliphatic heterocycles. The van der Waals surface area contributed by atoms with E-state index in [9.17, 15) is 9.90 Å². The number of carbonyl (C=O) groups excluding carboxylic acids is 1. The summed E-state index contributed by atoms with van der Waals surface area (Å²) in [4.78, 5) is 16.5. The number of hydrogen-bond donors (Lipinski definition) is 1. The van der Waals surface area contributed by atoms with Gasteiger partial charge < -0.3 is 14.9 Å². The molecule has 2 heterocycles. The number of aliphatic hydroxyl groups excluding tert-OH is 1. The molecule has 1 N–H and O–H groups in total. The van der Waals surface area contributed by atoms with Crippen LogP contribution >= 0.6 is 22.9 Å². The maximum absolute atomic E-state index is 12.2. The van der Waals surface area contributed by atoms with Crippen LogP contribution in [0.5, 0.6) is 0 Å². The third kappa shape index (κ3) is 2.69. The molecule has 0 aliphatic carbocycles. The fraction of sp³-hybridized carbons (Fsp3) is 0.583. The van der Waals surface area contributed by atoms with Crippen molar-refractivity contribution in [2.24, 2.45) is 0 Å². The van der Waals surface area contributed by atoms with Crippen LogP contribution in [0.3, 0.4) is 0 Å². The summed E-state index contributed by atoms with van der Waals surface area (Å²) >= 11 is 7.31. The minimum atomic E-state index is -0.503. The zero-order chi connectivity index (χ0) is 13.3. The number of likely N-dealkylation sites (N-methyl/N-ethyl adjacent to an activating group) is 1. The lowest BCUT2D eigenvalue weighted by Gasteiger charge is -2.38. The van der Waals surface area contributed by atoms with Gasteiger partial charge in [0.1, 0.15) is 4.88 Å². The quantitative estimate of drug-likeness (QED) is 0.898. The summed E-state index contributed by atoms with van der Waals surface area (Å²) in [6.45, 7) is 1.03. The van der Waals surface area contributed by atoms with E-state index in [1.54, 1.807) is 16.3 Å². The van der Waals surface area contributed by atoms with Gasteiger partial charge in [0.2, 0.25) is 0 Å². The van der Waals surface area contributed by atoms with Crippen molar-refractivity contribution < 1.29 is 9.90 Å². The van der Waals surface area contributed by atoms with E-state index in [4.69, 9.17) is 11.6 Å². The highest BCUT2D eigenvalue weighted by Crippen LogP contribution is 2.25. The van der Waals surface area contributed by atoms with Gasteiger partial charge in [0.05, 0.1) is 11.1 Å². The van der Waals surface area contributed by atoms with Gasteiger partial charge >= 0.3 is 0 Å². The molecule has 4 nitrogen and oxygen atoms in total. The molecule has 1 saturated heterocycles. The summed E-state index contributed by atoms with van der Waals surface area (Å²) in [7, 11) is 3.89. The van der Waals surface area contributed by atoms with Crippen LogP contribution in [-0.2, 0) is 0 Å². The lowest BCUT2D eigenvalue weighted by molar-refractivity contribution is 0.00628. The second-order valence-electron chi connectivity index (χ2n) is 4.74. The molecular weight excluding hydrogens is 272 g/mol. The van der Waals surface area contributed by atoms with Gasteiger partial charge in [0.25, 0.3) is 5.91 Å². The molecule has 1 aliphatic rings. The third-order valence-corrected chi connectivity index (χ3v) is 4.64. The van der Waals surface area contributed by atoms with Crippen molar-refractivity contribution in [3.8, 4) is 0 Å². The van der Waals surface area contributed by atoms with Crippen LogP contribution in [0, 0.1) is 0 Å². The summed E-state index contributed by atoms with van der Waals surface area (Å²) in [6.07, 6.45) is 0.277. The first kappa shape index (κ1) is 13.8. The topological polar surface area (TPSA) is 43.8 Å². The summed E-state index contributed by atoms with van der Waals surface area (Å²) in [6, 6.07) is 1.84. The van der Waals surface area contributed by atoms with Crippen LogP contribution in [0.4, 0.5) is 0 Å². The van der Waals surface area contributed by atoms with Crippen LogP contribution in [0.2, 0.25) is 5.02 Å². The SMILES string of the molecule is CN(C)[C@H]1CCN(C(=O)c2sccc2Cl)C[C@@H]1O. The van der Waals surface area contributed by atoms with Crippen LogP contribution in [-0.4, -0.2) is 60.1 Å². The number of amides is 1. The smallest absolute Gasteiger partial charge is 0.265 e. The van der Waals surface area contributed by atoms with Gasteiger partial charge in [-0.05, 0) is 32.0 Å². The van der Waals surface area contributed by atoms with E-state index in [1.165, 1.54) is 11.3 Å². The third-order valence-electron chi connectivity index (χ3n) is 3.31. The molecule has 1 aromatic rings. The van der Waals surface area contributed by atoms with Crippen molar-refractivity contribution in [2.45, 2.75) is 18.6 Å². The Kier molecular flexibility index (Phi) is 4.27. The molecule has 100 valence electrons. The molecule has 1 amide bonds. The molecule has 0 unspecified atom stereocenters. The van der Waals surface area contributed by atoms with Crippen LogP contribution < -0.4 is 0 Å². The Bertz CT molecular complexity index is 435. The Balaban J connectivity index is 2.05. The minimum absolute atomic E-state index is 0.0775. The Morgan fingerprint density at radius 3 is 2.83 bits per heavy atom. The standard InChI is InChI=1S/C12H17ClN2O2S/c1-14(2)9-3-5-15(7-10(9)16)12(17)11-8(13)4-6-18-11/h4,6,9-10,16H,3,5,7H2,1-2H3/t9-,10-/m0/s1. The molecule has 0 bridgehead atoms. The lowest BCUT2D eigenvalue weighted by Crippen LogP contribution is -2.53. The van der Waals surface area contributed by atoms with Crippen LogP contribution in [0.25, 0.3) is 0 Å². The molecule has 0 aromatic carbocycles. The summed E-state index contributed by atoms with van der Waals surface area (Å²) in [5.41, 5.74) is 0. The van der Waals surface area contributed by atoms with Gasteiger partial charge in [-0.1, -0.05) is 11.6 Å². The second-order valence-corrected chi connectivity index (χ2v) is 6.06. The number of carbonyl (C=O) groups is 1. The predicted octanol–water partition coefficient (Wildman–Crippen LogP) is 1.54. The summed E-state index contributed by atoms with van der Waals surface area (Å²) < 4.78 is 0. The van der Waals surface area contributed by atoms with Gasteiger partial charge in [-0.2, -0.15) is 0 Å². The maximum Gasteiger partial charge on any atom is 0.265 e. The fourth-order valence-electron chi connectivity index (χ4n) is 2.30. The molecule has 2 atom stereocenters. The van der Waals surface area contributed by atoms with Crippen LogP contribution in [0.15, 0.2) is 11.4 Å². The Hall–Kier alpha value is -0.620. The van der Waals surface area contributed by atoms with E-state index in [1.807, 2.05) is 19.0 Å². The first-order valence-electron chi connectivity index (χ1n) is 5.87. The number of nitrogens with zero attached hydrogens (tertiary/aromatic N) is 2. The average molecular weight is 289 g/mol. The largest absolute Gasteiger partial charge is 0.390 e. The van der Waals surface area contributed by atoms with Crippen molar-refractivity contribution >= 4 is 28.8 Å². The first-order valence-corrected chi connectivity index (χ1v) is 7.13. The number of aliphatic hydroxyl groups is 1. The maximum atomic E-state index is 12.2. The average Bonchev–Trinajstić information content (AvgIpc) is 2.74. The number of hydrogen-bond acceptors (Lipinski definition) is 4. The lowest BCUT2D eigenvalue weighted by atomic mass is 10.0. The highest BCUT2D eigenvalue weighted by molar-refractivity contribution is 7.12. The fourth-order valence-corrected chi connectivity index (χ4v) is 3.40. The monoisotopic (exact) mass is 288 g/mol. The van der Waals surface area contributed by atoms with Crippen molar-refractivity contribution in [3.05, 3.63) is 21.3 Å². The van der Waals surface area contributed by atoms with Gasteiger partial charge in [0, 0.05) is 19.1 Å². The van der Waals surface area contributed by atoms with E-state index in [0.29, 0.717) is 23.0 Å². The Labute approximate surface area is 116 Å². The number of thiophene rings is 1. The van der Waals surface area contributed by atoms with Gasteiger partial charge in [-0.15, -0.1) is 11.3 Å². The van der Waals surface area contributed by atoms with E-state index in [2.05, 4.69) is 0 Å². The molecule has 0 radical (unpaired) electrons. The number of likely N-dealkylation sites (tertiary alicyclic amines) is 1. The molecule has 1 aromatic heterocycles. The summed E-state index contributed by atoms with van der Waals surface area (Å²) in [5, 5.41) is 12.4. The highest BCUT2D eigenvalue weighted by Gasteiger charge is 2.32. The van der Waals surface area contributed by atoms with Crippen LogP contribution in [0.1, 0.15) is 16.1 Å². The molecule has 6 heteroatoms. The Morgan fingerprint density at radius 2 is 2.33 bits per heavy atom. The molecule has 2 rings (SSSR count). The highest BCUT2D eigenvalue weighted by atomic mass is 35.5. The normalized spacial score (nSPS) is 24.6. The Morgan fingerprint density at radius 1 is 1.61 bits per heavy atom. The number of halogens is 1. The molecule has 1 fully saturated rings. The molecule has 18 heavy (non-hydrogen) atoms. The minimum Gasteiger partial charge on any atom is -0.390 e. The molecule has 0 saturated carbocycles. The summed E-state index contributed by atoms with van der Waals surface area (Å²) in [5.74, 6) is -0.0775. The van der Waals surface area contributed by atoms with E-state index < -0.39 is 6.10 Å². The van der Waals surface area contributed by atoms with E-state index >= 15 is 0 Å². The second kappa shape index (κ2) is 5.57. The van der Waals surface area contributed by atoms with Crippen molar-refractivity contribution in [1.29, 1.82) is 0 Å². The zero-order valence-electron chi connectivity index (χ0n) is 10.5. The molecule has 0 spiro atoms. The van der Waals surface area contributed by atoms with Crippen molar-refractivity contribution in [2.75, 3.05) is 27.2 Å². The number of piperidine rings is 1. The van der Waals surface area contributed by atoms with E-state index in [0.717, 1.165) is 6.42 Å².